The Balaban J connectivity index is 3.65. The van der Waals surface area contributed by atoms with Crippen LogP contribution < -0.4 is 11.5 Å². The summed E-state index contributed by atoms with van der Waals surface area (Å²) in [6.45, 7) is 0.669. The Bertz CT molecular complexity index is 531. The van der Waals surface area contributed by atoms with Gasteiger partial charge >= 0.3 is 12.4 Å². The van der Waals surface area contributed by atoms with Crippen molar-refractivity contribution in [2.45, 2.75) is 37.4 Å². The molecule has 0 bridgehead atoms. The van der Waals surface area contributed by atoms with E-state index in [0.29, 0.717) is 26.0 Å². The number of hydrogen-bond donors (Lipinski definition) is 4. The molecule has 0 saturated carbocycles. The lowest BCUT2D eigenvalue weighted by Crippen LogP contribution is -2.42. The zero-order valence-electron chi connectivity index (χ0n) is 11.5. The molecule has 0 spiro atoms. The fourth-order valence-electron chi connectivity index (χ4n) is 1.78. The SMILES string of the molecule is CC(O)(c1cc(C(C)(O)C(F)(F)F)c(N)cc1N)C(F)(F)F. The van der Waals surface area contributed by atoms with E-state index in [1.807, 2.05) is 0 Å². The van der Waals surface area contributed by atoms with Gasteiger partial charge in [0, 0.05) is 22.5 Å². The molecule has 10 heteroatoms. The minimum absolute atomic E-state index is 0.311. The number of alkyl halides is 6. The second-order valence-corrected chi connectivity index (χ2v) is 5.17. The summed E-state index contributed by atoms with van der Waals surface area (Å²) < 4.78 is 77.0. The first-order valence-corrected chi connectivity index (χ1v) is 5.81. The van der Waals surface area contributed by atoms with E-state index < -0.39 is 46.1 Å². The van der Waals surface area contributed by atoms with E-state index in [-0.39, 0.29) is 0 Å². The molecule has 0 saturated heterocycles. The van der Waals surface area contributed by atoms with E-state index in [2.05, 4.69) is 0 Å². The molecule has 0 aliphatic heterocycles. The first kappa shape index (κ1) is 18.4. The van der Waals surface area contributed by atoms with Crippen molar-refractivity contribution in [1.82, 2.24) is 0 Å². The molecule has 1 aromatic carbocycles. The fraction of sp³-hybridized carbons (Fsp3) is 0.500. The van der Waals surface area contributed by atoms with Crippen molar-refractivity contribution in [3.8, 4) is 0 Å². The third kappa shape index (κ3) is 2.80. The van der Waals surface area contributed by atoms with E-state index in [9.17, 15) is 36.6 Å². The van der Waals surface area contributed by atoms with Crippen LogP contribution in [0.2, 0.25) is 0 Å². The average Bonchev–Trinajstić information content (AvgIpc) is 2.24. The highest BCUT2D eigenvalue weighted by molar-refractivity contribution is 5.64. The summed E-state index contributed by atoms with van der Waals surface area (Å²) in [6, 6.07) is 0.941. The van der Waals surface area contributed by atoms with Crippen LogP contribution in [0.4, 0.5) is 37.7 Å². The zero-order valence-corrected chi connectivity index (χ0v) is 11.5. The van der Waals surface area contributed by atoms with Crippen LogP contribution in [0.15, 0.2) is 12.1 Å². The van der Waals surface area contributed by atoms with Crippen molar-refractivity contribution in [1.29, 1.82) is 0 Å². The lowest BCUT2D eigenvalue weighted by Gasteiger charge is -2.32. The highest BCUT2D eigenvalue weighted by Crippen LogP contribution is 2.46. The lowest BCUT2D eigenvalue weighted by molar-refractivity contribution is -0.261. The van der Waals surface area contributed by atoms with Gasteiger partial charge < -0.3 is 21.7 Å². The maximum atomic E-state index is 12.8. The molecule has 1 aromatic rings. The van der Waals surface area contributed by atoms with Crippen LogP contribution in [0.3, 0.4) is 0 Å². The summed E-state index contributed by atoms with van der Waals surface area (Å²) in [5.41, 5.74) is 0.250. The topological polar surface area (TPSA) is 92.5 Å². The molecule has 22 heavy (non-hydrogen) atoms. The van der Waals surface area contributed by atoms with Crippen LogP contribution in [0.25, 0.3) is 0 Å². The number of nitrogens with two attached hydrogens (primary N) is 2. The van der Waals surface area contributed by atoms with E-state index in [4.69, 9.17) is 11.5 Å². The highest BCUT2D eigenvalue weighted by atomic mass is 19.4. The Kier molecular flexibility index (Phi) is 4.10. The molecule has 0 fully saturated rings. The first-order chi connectivity index (χ1) is 9.53. The molecule has 0 aliphatic rings. The predicted octanol–water partition coefficient (Wildman–Crippen LogP) is 2.39. The summed E-state index contributed by atoms with van der Waals surface area (Å²) in [6.07, 6.45) is -10.4. The van der Waals surface area contributed by atoms with Gasteiger partial charge in [0.1, 0.15) is 0 Å². The molecule has 0 aromatic heterocycles. The Hall–Kier alpha value is -1.68. The number of hydrogen-bond acceptors (Lipinski definition) is 4. The normalized spacial score (nSPS) is 18.6. The van der Waals surface area contributed by atoms with Gasteiger partial charge in [-0.3, -0.25) is 0 Å². The van der Waals surface area contributed by atoms with E-state index in [1.54, 1.807) is 0 Å². The number of anilines is 2. The van der Waals surface area contributed by atoms with Gasteiger partial charge in [0.05, 0.1) is 0 Å². The van der Waals surface area contributed by atoms with Crippen molar-refractivity contribution in [3.63, 3.8) is 0 Å². The Morgan fingerprint density at radius 1 is 0.727 bits per heavy atom. The molecule has 1 rings (SSSR count). The Labute approximate surface area is 121 Å². The van der Waals surface area contributed by atoms with Crippen molar-refractivity contribution in [2.24, 2.45) is 0 Å². The minimum Gasteiger partial charge on any atom is -0.398 e. The van der Waals surface area contributed by atoms with Gasteiger partial charge in [0.2, 0.25) is 0 Å². The third-order valence-corrected chi connectivity index (χ3v) is 3.37. The molecule has 0 radical (unpaired) electrons. The van der Waals surface area contributed by atoms with E-state index in [1.165, 1.54) is 0 Å². The smallest absolute Gasteiger partial charge is 0.398 e. The fourth-order valence-corrected chi connectivity index (χ4v) is 1.78. The molecule has 6 N–H and O–H groups in total. The van der Waals surface area contributed by atoms with Crippen LogP contribution in [0.1, 0.15) is 25.0 Å². The van der Waals surface area contributed by atoms with Crippen molar-refractivity contribution < 1.29 is 36.6 Å². The van der Waals surface area contributed by atoms with Gasteiger partial charge in [0.15, 0.2) is 11.2 Å². The molecule has 0 amide bonds. The van der Waals surface area contributed by atoms with Crippen LogP contribution in [0, 0.1) is 0 Å². The predicted molar refractivity (Wildman–Crippen MR) is 66.5 cm³/mol. The van der Waals surface area contributed by atoms with Crippen LogP contribution in [-0.4, -0.2) is 22.6 Å². The molecular weight excluding hydrogens is 318 g/mol. The number of halogens is 6. The molecule has 4 nitrogen and oxygen atoms in total. The standard InChI is InChI=1S/C12H14F6N2O2/c1-9(21,11(13,14)15)5-3-6(8(20)4-7(5)19)10(2,22)12(16,17)18/h3-4,21-22H,19-20H2,1-2H3. The maximum absolute atomic E-state index is 12.8. The highest BCUT2D eigenvalue weighted by Gasteiger charge is 2.55. The van der Waals surface area contributed by atoms with Gasteiger partial charge in [0.25, 0.3) is 0 Å². The summed E-state index contributed by atoms with van der Waals surface area (Å²) in [4.78, 5) is 0. The quantitative estimate of drug-likeness (QED) is 0.494. The maximum Gasteiger partial charge on any atom is 0.421 e. The molecule has 0 aliphatic carbocycles. The van der Waals surface area contributed by atoms with Gasteiger partial charge in [-0.15, -0.1) is 0 Å². The second-order valence-electron chi connectivity index (χ2n) is 5.17. The zero-order chi connectivity index (χ0) is 17.7. The lowest BCUT2D eigenvalue weighted by atomic mass is 9.86. The van der Waals surface area contributed by atoms with Gasteiger partial charge in [-0.05, 0) is 26.0 Å². The third-order valence-electron chi connectivity index (χ3n) is 3.37. The van der Waals surface area contributed by atoms with Crippen molar-refractivity contribution >= 4 is 11.4 Å². The van der Waals surface area contributed by atoms with E-state index >= 15 is 0 Å². The van der Waals surface area contributed by atoms with Crippen LogP contribution >= 0.6 is 0 Å². The van der Waals surface area contributed by atoms with Crippen LogP contribution in [0.5, 0.6) is 0 Å². The molecule has 2 unspecified atom stereocenters. The number of benzene rings is 1. The molecule has 126 valence electrons. The number of nitrogen functional groups attached to an aromatic ring is 2. The number of rotatable bonds is 2. The summed E-state index contributed by atoms with van der Waals surface area (Å²) in [5.74, 6) is 0. The Morgan fingerprint density at radius 2 is 1.00 bits per heavy atom. The molecule has 2 atom stereocenters. The van der Waals surface area contributed by atoms with Crippen molar-refractivity contribution in [3.05, 3.63) is 23.3 Å². The molecule has 0 heterocycles. The second kappa shape index (κ2) is 4.92. The summed E-state index contributed by atoms with van der Waals surface area (Å²) in [5, 5.41) is 19.2. The van der Waals surface area contributed by atoms with Gasteiger partial charge in [-0.2, -0.15) is 26.3 Å². The minimum atomic E-state index is -5.20. The number of aliphatic hydroxyl groups is 2. The van der Waals surface area contributed by atoms with Crippen LogP contribution in [-0.2, 0) is 11.2 Å². The largest absolute Gasteiger partial charge is 0.421 e. The van der Waals surface area contributed by atoms with E-state index in [0.717, 1.165) is 0 Å². The molecular formula is C12H14F6N2O2. The average molecular weight is 332 g/mol. The van der Waals surface area contributed by atoms with Crippen molar-refractivity contribution in [2.75, 3.05) is 11.5 Å². The summed E-state index contributed by atoms with van der Waals surface area (Å²) in [7, 11) is 0. The Morgan fingerprint density at radius 3 is 1.23 bits per heavy atom. The first-order valence-electron chi connectivity index (χ1n) is 5.81. The monoisotopic (exact) mass is 332 g/mol. The van der Waals surface area contributed by atoms with Gasteiger partial charge in [-0.1, -0.05) is 0 Å². The van der Waals surface area contributed by atoms with Gasteiger partial charge in [-0.25, -0.2) is 0 Å². The summed E-state index contributed by atoms with van der Waals surface area (Å²) >= 11 is 0.